The fourth-order valence-corrected chi connectivity index (χ4v) is 1.24. The van der Waals surface area contributed by atoms with Crippen LogP contribution in [0.5, 0.6) is 0 Å². The van der Waals surface area contributed by atoms with Crippen LogP contribution in [0.3, 0.4) is 0 Å². The lowest BCUT2D eigenvalue weighted by atomic mass is 10.2. The van der Waals surface area contributed by atoms with Gasteiger partial charge in [-0.05, 0) is 14.0 Å². The first-order valence-electron chi connectivity index (χ1n) is 4.34. The molecule has 4 heteroatoms. The lowest BCUT2D eigenvalue weighted by molar-refractivity contribution is 0.0166. The monoisotopic (exact) mass is 171 g/mol. The smallest absolute Gasteiger partial charge is 0.127 e. The van der Waals surface area contributed by atoms with Gasteiger partial charge in [0, 0.05) is 19.6 Å². The second kappa shape index (κ2) is 4.42. The summed E-state index contributed by atoms with van der Waals surface area (Å²) < 4.78 is 5.47. The molecule has 1 aliphatic rings. The maximum Gasteiger partial charge on any atom is 0.127 e. The van der Waals surface area contributed by atoms with Crippen molar-refractivity contribution in [3.63, 3.8) is 0 Å². The third-order valence-electron chi connectivity index (χ3n) is 1.94. The number of ether oxygens (including phenoxy) is 1. The Morgan fingerprint density at radius 2 is 2.50 bits per heavy atom. The van der Waals surface area contributed by atoms with Gasteiger partial charge in [-0.25, -0.2) is 0 Å². The van der Waals surface area contributed by atoms with Crippen molar-refractivity contribution >= 4 is 5.84 Å². The number of morpholine rings is 1. The van der Waals surface area contributed by atoms with Gasteiger partial charge in [-0.15, -0.1) is 0 Å². The van der Waals surface area contributed by atoms with Crippen LogP contribution < -0.4 is 5.73 Å². The molecule has 0 aromatic heterocycles. The number of aliphatic imine (C=N–C) groups is 1. The summed E-state index contributed by atoms with van der Waals surface area (Å²) >= 11 is 0. The van der Waals surface area contributed by atoms with Crippen LogP contribution in [0.1, 0.15) is 6.92 Å². The Bertz CT molecular complexity index is 170. The zero-order valence-electron chi connectivity index (χ0n) is 7.79. The number of hydrogen-bond acceptors (Lipinski definition) is 3. The van der Waals surface area contributed by atoms with E-state index in [1.54, 1.807) is 0 Å². The van der Waals surface area contributed by atoms with E-state index in [9.17, 15) is 0 Å². The molecule has 1 unspecified atom stereocenters. The molecule has 70 valence electrons. The number of nitrogens with zero attached hydrogens (tertiary/aromatic N) is 2. The molecule has 0 aliphatic carbocycles. The molecular weight excluding hydrogens is 154 g/mol. The van der Waals surface area contributed by atoms with Crippen molar-refractivity contribution in [3.05, 3.63) is 0 Å². The molecule has 1 aliphatic heterocycles. The van der Waals surface area contributed by atoms with E-state index in [-0.39, 0.29) is 6.10 Å². The van der Waals surface area contributed by atoms with E-state index in [1.807, 2.05) is 6.92 Å². The van der Waals surface area contributed by atoms with Crippen molar-refractivity contribution in [1.29, 1.82) is 0 Å². The van der Waals surface area contributed by atoms with Gasteiger partial charge in [-0.2, -0.15) is 0 Å². The Morgan fingerprint density at radius 1 is 1.75 bits per heavy atom. The first kappa shape index (κ1) is 9.48. The van der Waals surface area contributed by atoms with Crippen molar-refractivity contribution in [2.45, 2.75) is 13.0 Å². The highest BCUT2D eigenvalue weighted by Crippen LogP contribution is 2.02. The third-order valence-corrected chi connectivity index (χ3v) is 1.94. The Morgan fingerprint density at radius 3 is 3.08 bits per heavy atom. The van der Waals surface area contributed by atoms with E-state index in [0.717, 1.165) is 26.2 Å². The maximum absolute atomic E-state index is 5.72. The molecule has 0 radical (unpaired) electrons. The van der Waals surface area contributed by atoms with Gasteiger partial charge in [-0.1, -0.05) is 0 Å². The van der Waals surface area contributed by atoms with Crippen molar-refractivity contribution in [3.8, 4) is 0 Å². The summed E-state index contributed by atoms with van der Waals surface area (Å²) in [7, 11) is 2.06. The highest BCUT2D eigenvalue weighted by atomic mass is 16.5. The predicted octanol–water partition coefficient (Wildman–Crippen LogP) is -0.306. The van der Waals surface area contributed by atoms with Gasteiger partial charge < -0.3 is 15.4 Å². The molecule has 12 heavy (non-hydrogen) atoms. The van der Waals surface area contributed by atoms with Crippen molar-refractivity contribution in [2.24, 2.45) is 10.7 Å². The fourth-order valence-electron chi connectivity index (χ4n) is 1.24. The lowest BCUT2D eigenvalue weighted by Crippen LogP contribution is -2.46. The van der Waals surface area contributed by atoms with Gasteiger partial charge in [0.1, 0.15) is 11.9 Å². The van der Waals surface area contributed by atoms with E-state index in [2.05, 4.69) is 16.9 Å². The van der Waals surface area contributed by atoms with Crippen LogP contribution in [0.4, 0.5) is 0 Å². The minimum atomic E-state index is 0.00343. The van der Waals surface area contributed by atoms with Gasteiger partial charge in [0.25, 0.3) is 0 Å². The number of amidine groups is 1. The fraction of sp³-hybridized carbons (Fsp3) is 0.875. The van der Waals surface area contributed by atoms with Crippen LogP contribution in [-0.2, 0) is 4.74 Å². The minimum Gasteiger partial charge on any atom is -0.385 e. The Labute approximate surface area is 73.4 Å². The molecular formula is C8H17N3O. The van der Waals surface area contributed by atoms with E-state index in [1.165, 1.54) is 0 Å². The maximum atomic E-state index is 5.72. The van der Waals surface area contributed by atoms with Crippen LogP contribution in [-0.4, -0.2) is 50.1 Å². The van der Waals surface area contributed by atoms with Gasteiger partial charge >= 0.3 is 0 Å². The summed E-state index contributed by atoms with van der Waals surface area (Å²) in [5.74, 6) is 0.629. The number of hydrogen-bond donors (Lipinski definition) is 1. The largest absolute Gasteiger partial charge is 0.385 e. The summed E-state index contributed by atoms with van der Waals surface area (Å²) in [6.07, 6.45) is 0.00343. The molecule has 1 atom stereocenters. The Balaban J connectivity index is 2.45. The van der Waals surface area contributed by atoms with Crippen molar-refractivity contribution in [1.82, 2.24) is 4.90 Å². The lowest BCUT2D eigenvalue weighted by Gasteiger charge is -2.29. The van der Waals surface area contributed by atoms with E-state index >= 15 is 0 Å². The standard InChI is InChI=1S/C8H17N3O/c1-3-10-8(9)7-6-11(2)4-5-12-7/h7H,3-6H2,1-2H3,(H2,9,10). The molecule has 0 bridgehead atoms. The highest BCUT2D eigenvalue weighted by molar-refractivity contribution is 5.85. The molecule has 0 aromatic carbocycles. The Hall–Kier alpha value is -0.610. The number of likely N-dealkylation sites (N-methyl/N-ethyl adjacent to an activating group) is 1. The zero-order chi connectivity index (χ0) is 8.97. The van der Waals surface area contributed by atoms with Crippen LogP contribution in [0.25, 0.3) is 0 Å². The molecule has 0 saturated carbocycles. The summed E-state index contributed by atoms with van der Waals surface area (Å²) in [6.45, 7) is 5.29. The molecule has 1 rings (SSSR count). The average molecular weight is 171 g/mol. The first-order valence-corrected chi connectivity index (χ1v) is 4.34. The van der Waals surface area contributed by atoms with Gasteiger partial charge in [0.2, 0.25) is 0 Å². The summed E-state index contributed by atoms with van der Waals surface area (Å²) in [5, 5.41) is 0. The molecule has 2 N–H and O–H groups in total. The van der Waals surface area contributed by atoms with Gasteiger partial charge in [-0.3, -0.25) is 4.99 Å². The Kier molecular flexibility index (Phi) is 3.49. The van der Waals surface area contributed by atoms with E-state index < -0.39 is 0 Å². The second-order valence-electron chi connectivity index (χ2n) is 3.02. The van der Waals surface area contributed by atoms with Gasteiger partial charge in [0.15, 0.2) is 0 Å². The molecule has 4 nitrogen and oxygen atoms in total. The molecule has 1 fully saturated rings. The first-order chi connectivity index (χ1) is 5.74. The summed E-state index contributed by atoms with van der Waals surface area (Å²) in [4.78, 5) is 6.33. The topological polar surface area (TPSA) is 50.8 Å². The second-order valence-corrected chi connectivity index (χ2v) is 3.02. The molecule has 1 saturated heterocycles. The quantitative estimate of drug-likeness (QED) is 0.458. The number of nitrogens with two attached hydrogens (primary N) is 1. The van der Waals surface area contributed by atoms with Gasteiger partial charge in [0.05, 0.1) is 6.61 Å². The SMILES string of the molecule is CCN=C(N)C1CN(C)CCO1. The van der Waals surface area contributed by atoms with E-state index in [4.69, 9.17) is 10.5 Å². The number of rotatable bonds is 2. The van der Waals surface area contributed by atoms with Crippen molar-refractivity contribution < 1.29 is 4.74 Å². The zero-order valence-corrected chi connectivity index (χ0v) is 7.79. The third kappa shape index (κ3) is 2.46. The summed E-state index contributed by atoms with van der Waals surface area (Å²) in [6, 6.07) is 0. The van der Waals surface area contributed by atoms with Crippen LogP contribution >= 0.6 is 0 Å². The summed E-state index contributed by atoms with van der Waals surface area (Å²) in [5.41, 5.74) is 5.72. The minimum absolute atomic E-state index is 0.00343. The van der Waals surface area contributed by atoms with Crippen LogP contribution in [0.2, 0.25) is 0 Å². The van der Waals surface area contributed by atoms with Crippen LogP contribution in [0.15, 0.2) is 4.99 Å². The van der Waals surface area contributed by atoms with Crippen LogP contribution in [0, 0.1) is 0 Å². The molecule has 1 heterocycles. The molecule has 0 spiro atoms. The molecule has 0 aromatic rings. The molecule has 0 amide bonds. The highest BCUT2D eigenvalue weighted by Gasteiger charge is 2.20. The predicted molar refractivity (Wildman–Crippen MR) is 49.4 cm³/mol. The normalized spacial score (nSPS) is 27.5. The van der Waals surface area contributed by atoms with Crippen molar-refractivity contribution in [2.75, 3.05) is 33.3 Å². The average Bonchev–Trinajstić information content (AvgIpc) is 2.05. The van der Waals surface area contributed by atoms with E-state index in [0.29, 0.717) is 5.84 Å².